The van der Waals surface area contributed by atoms with Crippen LogP contribution in [0.3, 0.4) is 0 Å². The lowest BCUT2D eigenvalue weighted by Gasteiger charge is -2.17. The molecular formula is C14H21NO2. The molecule has 0 saturated heterocycles. The van der Waals surface area contributed by atoms with Crippen molar-refractivity contribution in [2.24, 2.45) is 0 Å². The van der Waals surface area contributed by atoms with Crippen molar-refractivity contribution in [3.63, 3.8) is 0 Å². The molecule has 0 heterocycles. The summed E-state index contributed by atoms with van der Waals surface area (Å²) < 4.78 is 0. The molecule has 0 aromatic heterocycles. The fraction of sp³-hybridized carbons (Fsp3) is 0.500. The topological polar surface area (TPSA) is 40.5 Å². The molecule has 1 aromatic rings. The Balaban J connectivity index is 2.46. The minimum absolute atomic E-state index is 0.0673. The van der Waals surface area contributed by atoms with Crippen LogP contribution in [0.1, 0.15) is 35.2 Å². The molecule has 3 heteroatoms. The van der Waals surface area contributed by atoms with Crippen LogP contribution in [0.5, 0.6) is 0 Å². The fourth-order valence-corrected chi connectivity index (χ4v) is 1.74. The summed E-state index contributed by atoms with van der Waals surface area (Å²) in [7, 11) is 1.82. The molecule has 94 valence electrons. The van der Waals surface area contributed by atoms with E-state index in [-0.39, 0.29) is 12.5 Å². The highest BCUT2D eigenvalue weighted by molar-refractivity contribution is 5.94. The lowest BCUT2D eigenvalue weighted by Crippen LogP contribution is -2.27. The number of hydrogen-bond acceptors (Lipinski definition) is 2. The maximum absolute atomic E-state index is 12.0. The number of amides is 1. The van der Waals surface area contributed by atoms with Gasteiger partial charge in [0, 0.05) is 25.8 Å². The zero-order valence-corrected chi connectivity index (χ0v) is 10.6. The van der Waals surface area contributed by atoms with Gasteiger partial charge in [-0.2, -0.15) is 0 Å². The number of rotatable bonds is 6. The molecule has 0 aliphatic carbocycles. The minimum atomic E-state index is 0.0673. The summed E-state index contributed by atoms with van der Waals surface area (Å²) in [6.45, 7) is 2.96. The van der Waals surface area contributed by atoms with Crippen molar-refractivity contribution >= 4 is 5.91 Å². The largest absolute Gasteiger partial charge is 0.396 e. The van der Waals surface area contributed by atoms with Gasteiger partial charge in [-0.05, 0) is 38.3 Å². The molecule has 0 unspecified atom stereocenters. The van der Waals surface area contributed by atoms with Crippen LogP contribution >= 0.6 is 0 Å². The van der Waals surface area contributed by atoms with E-state index in [0.717, 1.165) is 36.9 Å². The van der Waals surface area contributed by atoms with Gasteiger partial charge in [0.15, 0.2) is 0 Å². The van der Waals surface area contributed by atoms with E-state index < -0.39 is 0 Å². The third-order valence-electron chi connectivity index (χ3n) is 2.76. The first kappa shape index (κ1) is 13.7. The standard InChI is InChI=1S/C14H21NO2/c1-12-7-6-8-13(11-12)14(17)15(2)9-4-3-5-10-16/h6-8,11,16H,3-5,9-10H2,1-2H3. The Hall–Kier alpha value is -1.35. The molecular weight excluding hydrogens is 214 g/mol. The second-order valence-electron chi connectivity index (χ2n) is 4.38. The normalized spacial score (nSPS) is 10.3. The summed E-state index contributed by atoms with van der Waals surface area (Å²) >= 11 is 0. The molecule has 0 atom stereocenters. The Morgan fingerprint density at radius 2 is 2.06 bits per heavy atom. The van der Waals surface area contributed by atoms with Gasteiger partial charge in [-0.3, -0.25) is 4.79 Å². The highest BCUT2D eigenvalue weighted by Gasteiger charge is 2.10. The zero-order chi connectivity index (χ0) is 12.7. The van der Waals surface area contributed by atoms with E-state index in [1.807, 2.05) is 38.2 Å². The van der Waals surface area contributed by atoms with Crippen LogP contribution in [0.15, 0.2) is 24.3 Å². The van der Waals surface area contributed by atoms with Gasteiger partial charge in [0.05, 0.1) is 0 Å². The van der Waals surface area contributed by atoms with Crippen LogP contribution in [-0.2, 0) is 0 Å². The van der Waals surface area contributed by atoms with Gasteiger partial charge in [-0.25, -0.2) is 0 Å². The molecule has 0 bridgehead atoms. The average Bonchev–Trinajstić information content (AvgIpc) is 2.33. The van der Waals surface area contributed by atoms with Crippen molar-refractivity contribution in [1.82, 2.24) is 4.90 Å². The SMILES string of the molecule is Cc1cccc(C(=O)N(C)CCCCCO)c1. The van der Waals surface area contributed by atoms with Crippen molar-refractivity contribution < 1.29 is 9.90 Å². The summed E-state index contributed by atoms with van der Waals surface area (Å²) in [5, 5.41) is 8.67. The Kier molecular flexibility index (Phi) is 5.70. The lowest BCUT2D eigenvalue weighted by molar-refractivity contribution is 0.0792. The van der Waals surface area contributed by atoms with E-state index in [1.54, 1.807) is 4.90 Å². The number of unbranched alkanes of at least 4 members (excludes halogenated alkanes) is 2. The number of nitrogens with zero attached hydrogens (tertiary/aromatic N) is 1. The van der Waals surface area contributed by atoms with Crippen molar-refractivity contribution in [2.45, 2.75) is 26.2 Å². The van der Waals surface area contributed by atoms with E-state index >= 15 is 0 Å². The van der Waals surface area contributed by atoms with Gasteiger partial charge in [0.25, 0.3) is 5.91 Å². The Labute approximate surface area is 103 Å². The maximum atomic E-state index is 12.0. The summed E-state index contributed by atoms with van der Waals surface area (Å²) in [4.78, 5) is 13.8. The molecule has 0 fully saturated rings. The summed E-state index contributed by atoms with van der Waals surface area (Å²) in [6.07, 6.45) is 2.71. The number of carbonyl (C=O) groups excluding carboxylic acids is 1. The van der Waals surface area contributed by atoms with Crippen molar-refractivity contribution in [2.75, 3.05) is 20.2 Å². The van der Waals surface area contributed by atoms with Crippen molar-refractivity contribution in [3.05, 3.63) is 35.4 Å². The van der Waals surface area contributed by atoms with Crippen LogP contribution in [0.4, 0.5) is 0 Å². The van der Waals surface area contributed by atoms with E-state index in [0.29, 0.717) is 0 Å². The van der Waals surface area contributed by atoms with Gasteiger partial charge >= 0.3 is 0 Å². The van der Waals surface area contributed by atoms with Gasteiger partial charge < -0.3 is 10.0 Å². The van der Waals surface area contributed by atoms with Crippen molar-refractivity contribution in [1.29, 1.82) is 0 Å². The number of carbonyl (C=O) groups is 1. The number of aliphatic hydroxyl groups excluding tert-OH is 1. The minimum Gasteiger partial charge on any atom is -0.396 e. The zero-order valence-electron chi connectivity index (χ0n) is 10.6. The average molecular weight is 235 g/mol. The highest BCUT2D eigenvalue weighted by Crippen LogP contribution is 2.07. The van der Waals surface area contributed by atoms with E-state index in [4.69, 9.17) is 5.11 Å². The summed E-state index contributed by atoms with van der Waals surface area (Å²) in [5.74, 6) is 0.0673. The molecule has 17 heavy (non-hydrogen) atoms. The van der Waals surface area contributed by atoms with Crippen LogP contribution in [0, 0.1) is 6.92 Å². The van der Waals surface area contributed by atoms with Crippen LogP contribution in [0.25, 0.3) is 0 Å². The predicted octanol–water partition coefficient (Wildman–Crippen LogP) is 2.23. The third-order valence-corrected chi connectivity index (χ3v) is 2.76. The molecule has 1 rings (SSSR count). The smallest absolute Gasteiger partial charge is 0.253 e. The van der Waals surface area contributed by atoms with Gasteiger partial charge in [-0.1, -0.05) is 17.7 Å². The van der Waals surface area contributed by atoms with Gasteiger partial charge in [0.1, 0.15) is 0 Å². The second-order valence-corrected chi connectivity index (χ2v) is 4.38. The fourth-order valence-electron chi connectivity index (χ4n) is 1.74. The highest BCUT2D eigenvalue weighted by atomic mass is 16.2. The Bertz CT molecular complexity index is 363. The molecule has 0 aliphatic rings. The third kappa shape index (κ3) is 4.57. The first-order valence-electron chi connectivity index (χ1n) is 6.08. The Morgan fingerprint density at radius 3 is 2.71 bits per heavy atom. The molecule has 1 aromatic carbocycles. The van der Waals surface area contributed by atoms with Gasteiger partial charge in [0.2, 0.25) is 0 Å². The quantitative estimate of drug-likeness (QED) is 0.768. The molecule has 0 spiro atoms. The monoisotopic (exact) mass is 235 g/mol. The molecule has 0 radical (unpaired) electrons. The first-order chi connectivity index (χ1) is 8.15. The number of aliphatic hydroxyl groups is 1. The predicted molar refractivity (Wildman–Crippen MR) is 69.1 cm³/mol. The van der Waals surface area contributed by atoms with E-state index in [9.17, 15) is 4.79 Å². The molecule has 1 N–H and O–H groups in total. The number of aryl methyl sites for hydroxylation is 1. The van der Waals surface area contributed by atoms with E-state index in [1.165, 1.54) is 0 Å². The van der Waals surface area contributed by atoms with Crippen LogP contribution in [-0.4, -0.2) is 36.1 Å². The van der Waals surface area contributed by atoms with Crippen LogP contribution in [0.2, 0.25) is 0 Å². The van der Waals surface area contributed by atoms with E-state index in [2.05, 4.69) is 0 Å². The molecule has 3 nitrogen and oxygen atoms in total. The second kappa shape index (κ2) is 7.07. The molecule has 1 amide bonds. The first-order valence-corrected chi connectivity index (χ1v) is 6.08. The Morgan fingerprint density at radius 1 is 1.29 bits per heavy atom. The maximum Gasteiger partial charge on any atom is 0.253 e. The van der Waals surface area contributed by atoms with Crippen molar-refractivity contribution in [3.8, 4) is 0 Å². The number of benzene rings is 1. The van der Waals surface area contributed by atoms with Gasteiger partial charge in [-0.15, -0.1) is 0 Å². The summed E-state index contributed by atoms with van der Waals surface area (Å²) in [5.41, 5.74) is 1.85. The lowest BCUT2D eigenvalue weighted by atomic mass is 10.1. The molecule has 0 aliphatic heterocycles. The van der Waals surface area contributed by atoms with Crippen LogP contribution < -0.4 is 0 Å². The molecule has 0 saturated carbocycles. The number of hydrogen-bond donors (Lipinski definition) is 1. The summed E-state index contributed by atoms with van der Waals surface area (Å²) in [6, 6.07) is 7.65.